The Morgan fingerprint density at radius 2 is 1.93 bits per heavy atom. The topological polar surface area (TPSA) is 26.0 Å². The zero-order valence-corrected chi connectivity index (χ0v) is 9.03. The van der Waals surface area contributed by atoms with E-state index < -0.39 is 17.8 Å². The molecule has 0 radical (unpaired) electrons. The van der Waals surface area contributed by atoms with Gasteiger partial charge in [-0.25, -0.2) is 0 Å². The third kappa shape index (κ3) is 3.14. The lowest BCUT2D eigenvalue weighted by atomic mass is 10.0. The molecule has 0 fully saturated rings. The molecule has 0 spiro atoms. The highest BCUT2D eigenvalue weighted by Gasteiger charge is 2.34. The van der Waals surface area contributed by atoms with Gasteiger partial charge in [-0.3, -0.25) is 0 Å². The van der Waals surface area contributed by atoms with Crippen LogP contribution in [0.5, 0.6) is 0 Å². The molecule has 84 valence electrons. The molecule has 1 rings (SSSR count). The Bertz CT molecular complexity index is 325. The first kappa shape index (κ1) is 12.4. The van der Waals surface area contributed by atoms with Gasteiger partial charge in [0.15, 0.2) is 0 Å². The Morgan fingerprint density at radius 3 is 2.47 bits per heavy atom. The van der Waals surface area contributed by atoms with Crippen LogP contribution >= 0.6 is 11.8 Å². The summed E-state index contributed by atoms with van der Waals surface area (Å²) in [6.07, 6.45) is -2.51. The first-order chi connectivity index (χ1) is 6.96. The van der Waals surface area contributed by atoms with Crippen LogP contribution < -0.4 is 5.73 Å². The molecule has 1 nitrogen and oxygen atoms in total. The summed E-state index contributed by atoms with van der Waals surface area (Å²) in [6.45, 7) is 0. The van der Waals surface area contributed by atoms with E-state index in [9.17, 15) is 13.2 Å². The Morgan fingerprint density at radius 1 is 1.33 bits per heavy atom. The lowest BCUT2D eigenvalue weighted by Crippen LogP contribution is -2.19. The Kier molecular flexibility index (Phi) is 4.04. The predicted octanol–water partition coefficient (Wildman–Crippen LogP) is 3.07. The van der Waals surface area contributed by atoms with Gasteiger partial charge in [-0.2, -0.15) is 24.9 Å². The van der Waals surface area contributed by atoms with Crippen LogP contribution in [-0.2, 0) is 6.18 Å². The molecule has 0 aliphatic carbocycles. The average Bonchev–Trinajstić information content (AvgIpc) is 2.17. The van der Waals surface area contributed by atoms with Crippen molar-refractivity contribution < 1.29 is 13.2 Å². The fourth-order valence-electron chi connectivity index (χ4n) is 1.35. The quantitative estimate of drug-likeness (QED) is 0.871. The maximum absolute atomic E-state index is 12.6. The van der Waals surface area contributed by atoms with Crippen LogP contribution in [0.1, 0.15) is 17.2 Å². The average molecular weight is 235 g/mol. The van der Waals surface area contributed by atoms with Crippen LogP contribution in [0.4, 0.5) is 13.2 Å². The number of nitrogens with two attached hydrogens (primary N) is 1. The van der Waals surface area contributed by atoms with E-state index in [1.54, 1.807) is 6.07 Å². The molecule has 0 bridgehead atoms. The minimum atomic E-state index is -4.33. The number of halogens is 3. The highest BCUT2D eigenvalue weighted by atomic mass is 32.2. The number of hydrogen-bond acceptors (Lipinski definition) is 2. The molecule has 15 heavy (non-hydrogen) atoms. The molecule has 0 heterocycles. The summed E-state index contributed by atoms with van der Waals surface area (Å²) < 4.78 is 37.8. The maximum Gasteiger partial charge on any atom is 0.416 e. The summed E-state index contributed by atoms with van der Waals surface area (Å²) in [6, 6.07) is 4.88. The number of alkyl halides is 3. The SMILES string of the molecule is CSCC(N)c1ccccc1C(F)(F)F. The van der Waals surface area contributed by atoms with Gasteiger partial charge >= 0.3 is 6.18 Å². The molecule has 1 aromatic carbocycles. The smallest absolute Gasteiger partial charge is 0.323 e. The third-order valence-electron chi connectivity index (χ3n) is 2.01. The predicted molar refractivity (Wildman–Crippen MR) is 56.8 cm³/mol. The van der Waals surface area contributed by atoms with E-state index in [0.29, 0.717) is 5.75 Å². The lowest BCUT2D eigenvalue weighted by Gasteiger charge is -2.17. The van der Waals surface area contributed by atoms with Gasteiger partial charge in [0.2, 0.25) is 0 Å². The van der Waals surface area contributed by atoms with Crippen molar-refractivity contribution in [1.29, 1.82) is 0 Å². The van der Waals surface area contributed by atoms with Gasteiger partial charge in [-0.15, -0.1) is 0 Å². The maximum atomic E-state index is 12.6. The first-order valence-corrected chi connectivity index (χ1v) is 5.77. The molecular weight excluding hydrogens is 223 g/mol. The van der Waals surface area contributed by atoms with Gasteiger partial charge in [0.25, 0.3) is 0 Å². The summed E-state index contributed by atoms with van der Waals surface area (Å²) >= 11 is 1.43. The molecule has 5 heteroatoms. The second kappa shape index (κ2) is 4.90. The minimum absolute atomic E-state index is 0.166. The van der Waals surface area contributed by atoms with Crippen molar-refractivity contribution in [3.05, 3.63) is 35.4 Å². The minimum Gasteiger partial charge on any atom is -0.323 e. The van der Waals surface area contributed by atoms with Gasteiger partial charge < -0.3 is 5.73 Å². The van der Waals surface area contributed by atoms with Gasteiger partial charge in [-0.1, -0.05) is 18.2 Å². The van der Waals surface area contributed by atoms with Crippen molar-refractivity contribution in [2.24, 2.45) is 5.73 Å². The van der Waals surface area contributed by atoms with Crippen molar-refractivity contribution in [1.82, 2.24) is 0 Å². The molecule has 1 aromatic rings. The molecule has 2 N–H and O–H groups in total. The van der Waals surface area contributed by atoms with E-state index in [1.165, 1.54) is 23.9 Å². The van der Waals surface area contributed by atoms with Crippen molar-refractivity contribution in [2.45, 2.75) is 12.2 Å². The molecule has 1 unspecified atom stereocenters. The third-order valence-corrected chi connectivity index (χ3v) is 2.70. The van der Waals surface area contributed by atoms with Crippen LogP contribution in [0.15, 0.2) is 24.3 Å². The monoisotopic (exact) mass is 235 g/mol. The molecule has 0 saturated carbocycles. The van der Waals surface area contributed by atoms with Crippen LogP contribution in [-0.4, -0.2) is 12.0 Å². The normalized spacial score (nSPS) is 13.9. The molecule has 0 aliphatic rings. The van der Waals surface area contributed by atoms with E-state index >= 15 is 0 Å². The molecule has 0 aliphatic heterocycles. The summed E-state index contributed by atoms with van der Waals surface area (Å²) in [7, 11) is 0. The largest absolute Gasteiger partial charge is 0.416 e. The molecule has 1 atom stereocenters. The first-order valence-electron chi connectivity index (χ1n) is 4.37. The number of hydrogen-bond donors (Lipinski definition) is 1. The highest BCUT2D eigenvalue weighted by Crippen LogP contribution is 2.34. The molecule has 0 saturated heterocycles. The zero-order valence-electron chi connectivity index (χ0n) is 8.21. The van der Waals surface area contributed by atoms with Crippen LogP contribution in [0, 0.1) is 0 Å². The van der Waals surface area contributed by atoms with E-state index in [-0.39, 0.29) is 5.56 Å². The second-order valence-corrected chi connectivity index (χ2v) is 4.06. The molecule has 0 aromatic heterocycles. The summed E-state index contributed by atoms with van der Waals surface area (Å²) in [4.78, 5) is 0. The van der Waals surface area contributed by atoms with Gasteiger partial charge in [0, 0.05) is 11.8 Å². The fourth-order valence-corrected chi connectivity index (χ4v) is 1.89. The Balaban J connectivity index is 3.06. The van der Waals surface area contributed by atoms with Crippen LogP contribution in [0.2, 0.25) is 0 Å². The van der Waals surface area contributed by atoms with Crippen molar-refractivity contribution in [2.75, 3.05) is 12.0 Å². The Hall–Kier alpha value is -0.680. The van der Waals surface area contributed by atoms with Crippen LogP contribution in [0.3, 0.4) is 0 Å². The summed E-state index contributed by atoms with van der Waals surface area (Å²) in [5.74, 6) is 0.479. The van der Waals surface area contributed by atoms with Gasteiger partial charge in [0.1, 0.15) is 0 Å². The van der Waals surface area contributed by atoms with E-state index in [1.807, 2.05) is 6.26 Å². The standard InChI is InChI=1S/C10H12F3NS/c1-15-6-9(14)7-4-2-3-5-8(7)10(11,12)13/h2-5,9H,6,14H2,1H3. The van der Waals surface area contributed by atoms with E-state index in [0.717, 1.165) is 6.07 Å². The van der Waals surface area contributed by atoms with E-state index in [2.05, 4.69) is 0 Å². The Labute approximate surface area is 90.9 Å². The highest BCUT2D eigenvalue weighted by molar-refractivity contribution is 7.98. The van der Waals surface area contributed by atoms with Gasteiger partial charge in [0.05, 0.1) is 5.56 Å². The molecular formula is C10H12F3NS. The van der Waals surface area contributed by atoms with E-state index in [4.69, 9.17) is 5.73 Å². The molecule has 0 amide bonds. The van der Waals surface area contributed by atoms with Crippen molar-refractivity contribution in [3.8, 4) is 0 Å². The van der Waals surface area contributed by atoms with Crippen molar-refractivity contribution in [3.63, 3.8) is 0 Å². The fraction of sp³-hybridized carbons (Fsp3) is 0.400. The zero-order chi connectivity index (χ0) is 11.5. The number of benzene rings is 1. The second-order valence-electron chi connectivity index (χ2n) is 3.15. The summed E-state index contributed by atoms with van der Waals surface area (Å²) in [5.41, 5.74) is 5.22. The van der Waals surface area contributed by atoms with Gasteiger partial charge in [-0.05, 0) is 17.9 Å². The summed E-state index contributed by atoms with van der Waals surface area (Å²) in [5, 5.41) is 0. The number of thioether (sulfide) groups is 1. The van der Waals surface area contributed by atoms with Crippen LogP contribution in [0.25, 0.3) is 0 Å². The number of rotatable bonds is 3. The van der Waals surface area contributed by atoms with Crippen molar-refractivity contribution >= 4 is 11.8 Å². The lowest BCUT2D eigenvalue weighted by molar-refractivity contribution is -0.138.